The zero-order valence-corrected chi connectivity index (χ0v) is 21.7. The zero-order valence-electron chi connectivity index (χ0n) is 20.9. The van der Waals surface area contributed by atoms with Crippen molar-refractivity contribution < 1.29 is 14.3 Å². The van der Waals surface area contributed by atoms with Crippen molar-refractivity contribution >= 4 is 29.3 Å². The Balaban J connectivity index is 1.59. The highest BCUT2D eigenvalue weighted by Crippen LogP contribution is 2.24. The van der Waals surface area contributed by atoms with Crippen LogP contribution in [0.2, 0.25) is 0 Å². The van der Waals surface area contributed by atoms with Crippen LogP contribution in [0.25, 0.3) is 0 Å². The first-order chi connectivity index (χ1) is 16.9. The summed E-state index contributed by atoms with van der Waals surface area (Å²) in [5.74, 6) is 1.43. The van der Waals surface area contributed by atoms with E-state index in [1.54, 1.807) is 7.11 Å². The molecule has 1 atom stereocenters. The normalized spacial score (nSPS) is 11.7. The van der Waals surface area contributed by atoms with Gasteiger partial charge in [0.25, 0.3) is 0 Å². The van der Waals surface area contributed by atoms with E-state index in [1.165, 1.54) is 11.8 Å². The van der Waals surface area contributed by atoms with Gasteiger partial charge in [-0.15, -0.1) is 10.2 Å². The van der Waals surface area contributed by atoms with Crippen LogP contribution in [0.1, 0.15) is 49.3 Å². The monoisotopic (exact) mass is 495 g/mol. The molecule has 186 valence electrons. The third-order valence-corrected chi connectivity index (χ3v) is 6.65. The van der Waals surface area contributed by atoms with Gasteiger partial charge in [-0.1, -0.05) is 49.0 Å². The minimum atomic E-state index is -0.324. The van der Waals surface area contributed by atoms with Crippen LogP contribution in [0.5, 0.6) is 5.75 Å². The van der Waals surface area contributed by atoms with Gasteiger partial charge in [-0.25, -0.2) is 0 Å². The maximum atomic E-state index is 12.7. The largest absolute Gasteiger partial charge is 0.497 e. The molecule has 0 saturated heterocycles. The van der Waals surface area contributed by atoms with Crippen LogP contribution >= 0.6 is 11.8 Å². The number of para-hydroxylation sites is 1. The lowest BCUT2D eigenvalue weighted by Gasteiger charge is -2.15. The van der Waals surface area contributed by atoms with E-state index in [4.69, 9.17) is 4.74 Å². The summed E-state index contributed by atoms with van der Waals surface area (Å²) in [6.45, 7) is 8.56. The number of benzene rings is 2. The molecular weight excluding hydrogens is 462 g/mol. The van der Waals surface area contributed by atoms with Crippen LogP contribution in [0.4, 0.5) is 5.69 Å². The SMILES string of the molecule is CCc1cccc(C)c1NC(=O)CSc1nnc(C(C)NC(=O)Cc2ccc(OC)cc2)n1CC. The number of aryl methyl sites for hydroxylation is 2. The van der Waals surface area contributed by atoms with Crippen molar-refractivity contribution in [3.05, 3.63) is 65.0 Å². The van der Waals surface area contributed by atoms with E-state index in [2.05, 4.69) is 27.8 Å². The Labute approximate surface area is 210 Å². The summed E-state index contributed by atoms with van der Waals surface area (Å²) in [5.41, 5.74) is 3.93. The summed E-state index contributed by atoms with van der Waals surface area (Å²) in [6.07, 6.45) is 1.11. The molecule has 3 rings (SSSR count). The number of nitrogens with one attached hydrogen (secondary N) is 2. The van der Waals surface area contributed by atoms with Gasteiger partial charge in [0.2, 0.25) is 11.8 Å². The van der Waals surface area contributed by atoms with Crippen molar-refractivity contribution in [1.82, 2.24) is 20.1 Å². The Hall–Kier alpha value is -3.33. The number of carbonyl (C=O) groups excluding carboxylic acids is 2. The number of amides is 2. The topological polar surface area (TPSA) is 98.1 Å². The number of rotatable bonds is 11. The molecule has 1 aromatic heterocycles. The van der Waals surface area contributed by atoms with E-state index in [0.29, 0.717) is 17.5 Å². The predicted octanol–water partition coefficient (Wildman–Crippen LogP) is 4.33. The van der Waals surface area contributed by atoms with Gasteiger partial charge in [0.15, 0.2) is 11.0 Å². The van der Waals surface area contributed by atoms with Crippen LogP contribution < -0.4 is 15.4 Å². The fourth-order valence-corrected chi connectivity index (χ4v) is 4.63. The smallest absolute Gasteiger partial charge is 0.234 e. The molecule has 8 nitrogen and oxygen atoms in total. The molecule has 1 unspecified atom stereocenters. The first kappa shape index (κ1) is 26.3. The van der Waals surface area contributed by atoms with Crippen molar-refractivity contribution in [2.75, 3.05) is 18.2 Å². The van der Waals surface area contributed by atoms with Crippen molar-refractivity contribution in [3.8, 4) is 5.75 Å². The Bertz CT molecular complexity index is 1160. The molecule has 35 heavy (non-hydrogen) atoms. The maximum absolute atomic E-state index is 12.7. The lowest BCUT2D eigenvalue weighted by molar-refractivity contribution is -0.121. The van der Waals surface area contributed by atoms with E-state index in [1.807, 2.05) is 67.8 Å². The van der Waals surface area contributed by atoms with E-state index in [-0.39, 0.29) is 30.0 Å². The molecule has 1 heterocycles. The fourth-order valence-electron chi connectivity index (χ4n) is 3.82. The average molecular weight is 496 g/mol. The number of hydrogen-bond donors (Lipinski definition) is 2. The zero-order chi connectivity index (χ0) is 25.4. The standard InChI is InChI=1S/C26H33N5O3S/c1-6-20-10-8-9-17(3)24(20)28-23(33)16-35-26-30-29-25(31(26)7-2)18(4)27-22(32)15-19-11-13-21(34-5)14-12-19/h8-14,18H,6-7,15-16H2,1-5H3,(H,27,32)(H,28,33). The number of aromatic nitrogens is 3. The molecule has 2 aromatic carbocycles. The maximum Gasteiger partial charge on any atom is 0.234 e. The number of hydrogen-bond acceptors (Lipinski definition) is 6. The van der Waals surface area contributed by atoms with Crippen LogP contribution in [0, 0.1) is 6.92 Å². The third kappa shape index (κ3) is 6.85. The molecular formula is C26H33N5O3S. The average Bonchev–Trinajstić information content (AvgIpc) is 3.27. The van der Waals surface area contributed by atoms with Crippen LogP contribution in [-0.4, -0.2) is 39.4 Å². The van der Waals surface area contributed by atoms with Gasteiger partial charge in [0, 0.05) is 12.2 Å². The molecule has 0 bridgehead atoms. The highest BCUT2D eigenvalue weighted by Gasteiger charge is 2.20. The van der Waals surface area contributed by atoms with E-state index >= 15 is 0 Å². The first-order valence-electron chi connectivity index (χ1n) is 11.7. The quantitative estimate of drug-likeness (QED) is 0.384. The summed E-state index contributed by atoms with van der Waals surface area (Å²) < 4.78 is 7.09. The molecule has 0 spiro atoms. The Morgan fingerprint density at radius 1 is 1.09 bits per heavy atom. The van der Waals surface area contributed by atoms with Crippen LogP contribution in [0.3, 0.4) is 0 Å². The minimum absolute atomic E-state index is 0.0907. The van der Waals surface area contributed by atoms with Gasteiger partial charge in [-0.05, 0) is 56.0 Å². The van der Waals surface area contributed by atoms with Gasteiger partial charge >= 0.3 is 0 Å². The summed E-state index contributed by atoms with van der Waals surface area (Å²) >= 11 is 1.33. The van der Waals surface area contributed by atoms with Crippen LogP contribution in [0.15, 0.2) is 47.6 Å². The highest BCUT2D eigenvalue weighted by molar-refractivity contribution is 7.99. The number of thioether (sulfide) groups is 1. The second-order valence-electron chi connectivity index (χ2n) is 8.20. The molecule has 2 N–H and O–H groups in total. The molecule has 2 amide bonds. The fraction of sp³-hybridized carbons (Fsp3) is 0.385. The number of carbonyl (C=O) groups is 2. The molecule has 0 fully saturated rings. The van der Waals surface area contributed by atoms with Gasteiger partial charge in [0.05, 0.1) is 25.3 Å². The second-order valence-corrected chi connectivity index (χ2v) is 9.14. The Morgan fingerprint density at radius 3 is 2.49 bits per heavy atom. The van der Waals surface area contributed by atoms with E-state index < -0.39 is 0 Å². The third-order valence-electron chi connectivity index (χ3n) is 5.69. The highest BCUT2D eigenvalue weighted by atomic mass is 32.2. The number of ether oxygens (including phenoxy) is 1. The van der Waals surface area contributed by atoms with Crippen molar-refractivity contribution in [2.24, 2.45) is 0 Å². The van der Waals surface area contributed by atoms with Gasteiger partial charge in [-0.3, -0.25) is 9.59 Å². The molecule has 9 heteroatoms. The van der Waals surface area contributed by atoms with E-state index in [9.17, 15) is 9.59 Å². The molecule has 0 aliphatic carbocycles. The predicted molar refractivity (Wildman–Crippen MR) is 139 cm³/mol. The summed E-state index contributed by atoms with van der Waals surface area (Å²) in [7, 11) is 1.61. The molecule has 0 aliphatic rings. The second kappa shape index (κ2) is 12.4. The lowest BCUT2D eigenvalue weighted by atomic mass is 10.1. The molecule has 3 aromatic rings. The number of nitrogens with zero attached hydrogens (tertiary/aromatic N) is 3. The minimum Gasteiger partial charge on any atom is -0.497 e. The lowest BCUT2D eigenvalue weighted by Crippen LogP contribution is -2.30. The summed E-state index contributed by atoms with van der Waals surface area (Å²) in [4.78, 5) is 25.2. The first-order valence-corrected chi connectivity index (χ1v) is 12.7. The molecule has 0 radical (unpaired) electrons. The van der Waals surface area contributed by atoms with E-state index in [0.717, 1.165) is 34.5 Å². The summed E-state index contributed by atoms with van der Waals surface area (Å²) in [5, 5.41) is 15.3. The Kier molecular flexibility index (Phi) is 9.31. The van der Waals surface area contributed by atoms with Gasteiger partial charge in [-0.2, -0.15) is 0 Å². The van der Waals surface area contributed by atoms with Crippen molar-refractivity contribution in [1.29, 1.82) is 0 Å². The number of anilines is 1. The Morgan fingerprint density at radius 2 is 1.83 bits per heavy atom. The molecule has 0 saturated carbocycles. The van der Waals surface area contributed by atoms with Crippen LogP contribution in [-0.2, 0) is 29.0 Å². The van der Waals surface area contributed by atoms with Gasteiger partial charge < -0.3 is 19.9 Å². The molecule has 0 aliphatic heterocycles. The van der Waals surface area contributed by atoms with Crippen molar-refractivity contribution in [3.63, 3.8) is 0 Å². The van der Waals surface area contributed by atoms with Gasteiger partial charge in [0.1, 0.15) is 5.75 Å². The number of methoxy groups -OCH3 is 1. The van der Waals surface area contributed by atoms with Crippen molar-refractivity contribution in [2.45, 2.75) is 58.3 Å². The summed E-state index contributed by atoms with van der Waals surface area (Å²) in [6, 6.07) is 13.1.